The van der Waals surface area contributed by atoms with Gasteiger partial charge < -0.3 is 10.4 Å². The summed E-state index contributed by atoms with van der Waals surface area (Å²) < 4.78 is 11.3. The molecule has 2 rings (SSSR count). The third-order valence-electron chi connectivity index (χ3n) is 3.37. The summed E-state index contributed by atoms with van der Waals surface area (Å²) in [6, 6.07) is 8.94. The van der Waals surface area contributed by atoms with Crippen molar-refractivity contribution in [1.82, 2.24) is 4.98 Å². The lowest BCUT2D eigenvalue weighted by Crippen LogP contribution is -2.15. The number of fused-ring (bicyclic) bond motifs is 1. The van der Waals surface area contributed by atoms with Gasteiger partial charge in [0.2, 0.25) is 0 Å². The third-order valence-corrected chi connectivity index (χ3v) is 4.74. The van der Waals surface area contributed by atoms with Gasteiger partial charge in [0, 0.05) is 39.9 Å². The molecule has 2 atom stereocenters. The van der Waals surface area contributed by atoms with Crippen molar-refractivity contribution in [3.8, 4) is 0 Å². The van der Waals surface area contributed by atoms with E-state index < -0.39 is 16.8 Å². The first kappa shape index (κ1) is 15.4. The summed E-state index contributed by atoms with van der Waals surface area (Å²) in [7, 11) is -0.854. The quantitative estimate of drug-likeness (QED) is 0.857. The Morgan fingerprint density at radius 3 is 2.81 bits per heavy atom. The van der Waals surface area contributed by atoms with Crippen LogP contribution < -0.4 is 5.32 Å². The van der Waals surface area contributed by atoms with Crippen molar-refractivity contribution in [2.75, 3.05) is 18.1 Å². The predicted molar refractivity (Wildman–Crippen MR) is 85.3 cm³/mol. The number of hydrogen-bond donors (Lipinski definition) is 2. The van der Waals surface area contributed by atoms with E-state index in [4.69, 9.17) is 5.11 Å². The molecule has 2 N–H and O–H groups in total. The van der Waals surface area contributed by atoms with Gasteiger partial charge in [-0.15, -0.1) is 0 Å². The summed E-state index contributed by atoms with van der Waals surface area (Å²) >= 11 is 0. The van der Waals surface area contributed by atoms with Gasteiger partial charge in [0.05, 0.1) is 5.52 Å². The SMILES string of the molecule is CC(CCNc1cc(C(=O)O)nc2ccccc12)S(C)=O. The normalized spacial score (nSPS) is 13.8. The number of aromatic nitrogens is 1. The van der Waals surface area contributed by atoms with Crippen LogP contribution in [-0.4, -0.2) is 38.3 Å². The minimum absolute atomic E-state index is 0.0170. The van der Waals surface area contributed by atoms with Crippen LogP contribution in [0.4, 0.5) is 5.69 Å². The highest BCUT2D eigenvalue weighted by Gasteiger charge is 2.11. The third kappa shape index (κ3) is 3.78. The van der Waals surface area contributed by atoms with Crippen molar-refractivity contribution in [2.24, 2.45) is 0 Å². The number of carboxylic acid groups (broad SMARTS) is 1. The molecule has 2 aromatic rings. The first-order valence-corrected chi connectivity index (χ1v) is 8.30. The molecule has 1 heterocycles. The monoisotopic (exact) mass is 306 g/mol. The molecule has 5 nitrogen and oxygen atoms in total. The van der Waals surface area contributed by atoms with E-state index in [1.165, 1.54) is 6.07 Å². The maximum atomic E-state index is 11.3. The number of rotatable bonds is 6. The summed E-state index contributed by atoms with van der Waals surface area (Å²) in [4.78, 5) is 15.3. The Bertz CT molecular complexity index is 688. The molecule has 112 valence electrons. The maximum absolute atomic E-state index is 11.3. The highest BCUT2D eigenvalue weighted by Crippen LogP contribution is 2.23. The van der Waals surface area contributed by atoms with Crippen LogP contribution in [-0.2, 0) is 10.8 Å². The van der Waals surface area contributed by atoms with Crippen LogP contribution in [0.25, 0.3) is 10.9 Å². The Kier molecular flexibility index (Phi) is 4.90. The van der Waals surface area contributed by atoms with Gasteiger partial charge >= 0.3 is 5.97 Å². The molecule has 1 aromatic carbocycles. The number of carbonyl (C=O) groups is 1. The Balaban J connectivity index is 2.25. The van der Waals surface area contributed by atoms with Crippen molar-refractivity contribution in [3.63, 3.8) is 0 Å². The van der Waals surface area contributed by atoms with Crippen molar-refractivity contribution in [1.29, 1.82) is 0 Å². The Hall–Kier alpha value is -1.95. The van der Waals surface area contributed by atoms with Gasteiger partial charge in [0.1, 0.15) is 0 Å². The zero-order valence-corrected chi connectivity index (χ0v) is 12.8. The second-order valence-electron chi connectivity index (χ2n) is 4.90. The number of benzene rings is 1. The van der Waals surface area contributed by atoms with Gasteiger partial charge in [-0.2, -0.15) is 0 Å². The zero-order valence-electron chi connectivity index (χ0n) is 12.0. The summed E-state index contributed by atoms with van der Waals surface area (Å²) in [6.07, 6.45) is 2.44. The molecule has 0 aliphatic carbocycles. The van der Waals surface area contributed by atoms with E-state index in [9.17, 15) is 9.00 Å². The van der Waals surface area contributed by atoms with Crippen LogP contribution in [0.1, 0.15) is 23.8 Å². The topological polar surface area (TPSA) is 79.3 Å². The summed E-state index contributed by atoms with van der Waals surface area (Å²) in [5.74, 6) is -1.05. The molecule has 0 fully saturated rings. The Morgan fingerprint density at radius 1 is 1.43 bits per heavy atom. The molecule has 0 aliphatic rings. The van der Waals surface area contributed by atoms with Crippen molar-refractivity contribution in [2.45, 2.75) is 18.6 Å². The molecule has 0 aliphatic heterocycles. The van der Waals surface area contributed by atoms with Gasteiger partial charge in [-0.1, -0.05) is 25.1 Å². The fourth-order valence-corrected chi connectivity index (χ4v) is 2.46. The Labute approximate surface area is 125 Å². The molecule has 2 unspecified atom stereocenters. The number of nitrogens with zero attached hydrogens (tertiary/aromatic N) is 1. The van der Waals surface area contributed by atoms with Crippen molar-refractivity contribution < 1.29 is 14.1 Å². The molecular formula is C15H18N2O3S. The number of hydrogen-bond acceptors (Lipinski definition) is 4. The fourth-order valence-electron chi connectivity index (χ4n) is 2.01. The average molecular weight is 306 g/mol. The number of nitrogens with one attached hydrogen (secondary N) is 1. The molecule has 6 heteroatoms. The lowest BCUT2D eigenvalue weighted by atomic mass is 10.1. The lowest BCUT2D eigenvalue weighted by molar-refractivity contribution is 0.0691. The lowest BCUT2D eigenvalue weighted by Gasteiger charge is -2.12. The first-order chi connectivity index (χ1) is 9.99. The van der Waals surface area contributed by atoms with Crippen LogP contribution in [0.3, 0.4) is 0 Å². The second kappa shape index (κ2) is 6.67. The van der Waals surface area contributed by atoms with E-state index in [1.807, 2.05) is 25.1 Å². The number of para-hydroxylation sites is 1. The molecule has 0 amide bonds. The highest BCUT2D eigenvalue weighted by atomic mass is 32.2. The molecule has 1 aromatic heterocycles. The van der Waals surface area contributed by atoms with E-state index in [1.54, 1.807) is 12.3 Å². The standard InChI is InChI=1S/C15H18N2O3S/c1-10(21(2)20)7-8-16-13-9-14(15(18)19)17-12-6-4-3-5-11(12)13/h3-6,9-10H,7-8H2,1-2H3,(H,16,17)(H,18,19). The minimum atomic E-state index is -1.05. The van der Waals surface area contributed by atoms with Gasteiger partial charge in [0.25, 0.3) is 0 Å². The highest BCUT2D eigenvalue weighted by molar-refractivity contribution is 7.84. The van der Waals surface area contributed by atoms with E-state index in [-0.39, 0.29) is 10.9 Å². The molecule has 0 radical (unpaired) electrons. The smallest absolute Gasteiger partial charge is 0.354 e. The van der Waals surface area contributed by atoms with Crippen LogP contribution in [0, 0.1) is 0 Å². The molecule has 21 heavy (non-hydrogen) atoms. The largest absolute Gasteiger partial charge is 0.477 e. The molecular weight excluding hydrogens is 288 g/mol. The summed E-state index contributed by atoms with van der Waals surface area (Å²) in [5.41, 5.74) is 1.41. The average Bonchev–Trinajstić information content (AvgIpc) is 2.46. The molecule has 0 saturated heterocycles. The predicted octanol–water partition coefficient (Wildman–Crippen LogP) is 2.50. The molecule has 0 saturated carbocycles. The van der Waals surface area contributed by atoms with Crippen LogP contribution in [0.15, 0.2) is 30.3 Å². The maximum Gasteiger partial charge on any atom is 0.354 e. The zero-order chi connectivity index (χ0) is 15.4. The van der Waals surface area contributed by atoms with Crippen LogP contribution in [0.5, 0.6) is 0 Å². The van der Waals surface area contributed by atoms with E-state index in [0.29, 0.717) is 12.1 Å². The van der Waals surface area contributed by atoms with E-state index >= 15 is 0 Å². The van der Waals surface area contributed by atoms with Gasteiger partial charge in [0.15, 0.2) is 5.69 Å². The van der Waals surface area contributed by atoms with Gasteiger partial charge in [-0.05, 0) is 18.6 Å². The summed E-state index contributed by atoms with van der Waals surface area (Å²) in [6.45, 7) is 2.57. The number of carboxylic acids is 1. The van der Waals surface area contributed by atoms with E-state index in [2.05, 4.69) is 10.3 Å². The number of anilines is 1. The van der Waals surface area contributed by atoms with Gasteiger partial charge in [-0.25, -0.2) is 9.78 Å². The minimum Gasteiger partial charge on any atom is -0.477 e. The molecule has 0 bridgehead atoms. The Morgan fingerprint density at radius 2 is 2.14 bits per heavy atom. The first-order valence-electron chi connectivity index (χ1n) is 6.68. The van der Waals surface area contributed by atoms with E-state index in [0.717, 1.165) is 17.5 Å². The summed E-state index contributed by atoms with van der Waals surface area (Å²) in [5, 5.41) is 13.3. The number of pyridine rings is 1. The van der Waals surface area contributed by atoms with Crippen LogP contribution >= 0.6 is 0 Å². The number of aromatic carboxylic acids is 1. The van der Waals surface area contributed by atoms with Crippen LogP contribution in [0.2, 0.25) is 0 Å². The molecule has 0 spiro atoms. The second-order valence-corrected chi connectivity index (χ2v) is 6.70. The van der Waals surface area contributed by atoms with Gasteiger partial charge in [-0.3, -0.25) is 4.21 Å². The van der Waals surface area contributed by atoms with Crippen molar-refractivity contribution >= 4 is 33.4 Å². The fraction of sp³-hybridized carbons (Fsp3) is 0.333. The van der Waals surface area contributed by atoms with Crippen molar-refractivity contribution in [3.05, 3.63) is 36.0 Å².